The number of fused-ring (bicyclic) bond motifs is 1. The Balaban J connectivity index is 2.01. The van der Waals surface area contributed by atoms with E-state index in [2.05, 4.69) is 5.32 Å². The summed E-state index contributed by atoms with van der Waals surface area (Å²) < 4.78 is 28.1. The number of carbonyl (C=O) groups excluding carboxylic acids is 1. The van der Waals surface area contributed by atoms with Crippen molar-refractivity contribution in [3.05, 3.63) is 63.5 Å². The lowest BCUT2D eigenvalue weighted by atomic mass is 10.2. The molecule has 0 aliphatic carbocycles. The third kappa shape index (κ3) is 2.58. The minimum atomic E-state index is -0.560. The summed E-state index contributed by atoms with van der Waals surface area (Å²) in [6.45, 7) is 1.79. The quantitative estimate of drug-likeness (QED) is 0.667. The fourth-order valence-corrected chi connectivity index (χ4v) is 3.58. The van der Waals surface area contributed by atoms with Crippen molar-refractivity contribution in [3.8, 4) is 0 Å². The van der Waals surface area contributed by atoms with Gasteiger partial charge in [-0.05, 0) is 36.8 Å². The molecule has 0 unspecified atom stereocenters. The first-order valence-electron chi connectivity index (χ1n) is 6.41. The maximum atomic E-state index is 13.8. The van der Waals surface area contributed by atoms with E-state index in [0.717, 1.165) is 16.9 Å². The third-order valence-electron chi connectivity index (χ3n) is 3.18. The van der Waals surface area contributed by atoms with Gasteiger partial charge in [0.25, 0.3) is 5.91 Å². The van der Waals surface area contributed by atoms with E-state index >= 15 is 0 Å². The number of aryl methyl sites for hydroxylation is 1. The van der Waals surface area contributed by atoms with E-state index < -0.39 is 17.5 Å². The van der Waals surface area contributed by atoms with Gasteiger partial charge in [0, 0.05) is 10.1 Å². The maximum Gasteiger partial charge on any atom is 0.267 e. The third-order valence-corrected chi connectivity index (χ3v) is 4.83. The van der Waals surface area contributed by atoms with Crippen LogP contribution in [0.2, 0.25) is 5.02 Å². The molecule has 6 heteroatoms. The predicted octanol–water partition coefficient (Wildman–Crippen LogP) is 5.39. The smallest absolute Gasteiger partial charge is 0.267 e. The molecule has 0 atom stereocenters. The summed E-state index contributed by atoms with van der Waals surface area (Å²) in [5, 5.41) is 2.74. The average molecular weight is 338 g/mol. The second kappa shape index (κ2) is 5.66. The molecule has 0 saturated heterocycles. The monoisotopic (exact) mass is 337 g/mol. The van der Waals surface area contributed by atoms with Crippen LogP contribution in [-0.4, -0.2) is 5.91 Å². The standard InChI is InChI=1S/C16H10ClF2NOS/c1-8-5-6-9(18)11(7-8)20-16(21)15-14(17)13-10(19)3-2-4-12(13)22-15/h2-7H,1H3,(H,20,21). The number of hydrogen-bond acceptors (Lipinski definition) is 2. The summed E-state index contributed by atoms with van der Waals surface area (Å²) in [4.78, 5) is 12.5. The summed E-state index contributed by atoms with van der Waals surface area (Å²) in [6.07, 6.45) is 0. The molecular formula is C16H10ClF2NOS. The molecule has 0 aliphatic heterocycles. The topological polar surface area (TPSA) is 29.1 Å². The van der Waals surface area contributed by atoms with Crippen LogP contribution in [0.5, 0.6) is 0 Å². The van der Waals surface area contributed by atoms with Gasteiger partial charge in [-0.25, -0.2) is 8.78 Å². The number of benzene rings is 2. The number of halogens is 3. The minimum absolute atomic E-state index is 0.0451. The summed E-state index contributed by atoms with van der Waals surface area (Å²) in [7, 11) is 0. The molecule has 0 aliphatic rings. The number of carbonyl (C=O) groups is 1. The minimum Gasteiger partial charge on any atom is -0.319 e. The highest BCUT2D eigenvalue weighted by atomic mass is 35.5. The Morgan fingerprint density at radius 2 is 1.95 bits per heavy atom. The van der Waals surface area contributed by atoms with Crippen molar-refractivity contribution < 1.29 is 13.6 Å². The van der Waals surface area contributed by atoms with E-state index in [1.54, 1.807) is 25.1 Å². The number of hydrogen-bond donors (Lipinski definition) is 1. The largest absolute Gasteiger partial charge is 0.319 e. The fraction of sp³-hybridized carbons (Fsp3) is 0.0625. The molecule has 2 aromatic carbocycles. The van der Waals surface area contributed by atoms with Crippen LogP contribution in [-0.2, 0) is 0 Å². The lowest BCUT2D eigenvalue weighted by Crippen LogP contribution is -2.12. The van der Waals surface area contributed by atoms with E-state index in [1.807, 2.05) is 0 Å². The summed E-state index contributed by atoms with van der Waals surface area (Å²) in [6, 6.07) is 8.91. The van der Waals surface area contributed by atoms with Crippen LogP contribution in [0.4, 0.5) is 14.5 Å². The molecule has 2 nitrogen and oxygen atoms in total. The van der Waals surface area contributed by atoms with Crippen molar-refractivity contribution in [2.75, 3.05) is 5.32 Å². The summed E-state index contributed by atoms with van der Waals surface area (Å²) in [5.41, 5.74) is 0.879. The van der Waals surface area contributed by atoms with Crippen LogP contribution in [0.25, 0.3) is 10.1 Å². The van der Waals surface area contributed by atoms with E-state index in [-0.39, 0.29) is 21.0 Å². The Kier molecular flexibility index (Phi) is 3.85. The molecule has 0 saturated carbocycles. The highest BCUT2D eigenvalue weighted by Gasteiger charge is 2.20. The van der Waals surface area contributed by atoms with Gasteiger partial charge in [0.2, 0.25) is 0 Å². The van der Waals surface area contributed by atoms with Crippen molar-refractivity contribution in [3.63, 3.8) is 0 Å². The number of amides is 1. The van der Waals surface area contributed by atoms with Crippen molar-refractivity contribution in [1.82, 2.24) is 0 Å². The van der Waals surface area contributed by atoms with Crippen LogP contribution in [0, 0.1) is 18.6 Å². The highest BCUT2D eigenvalue weighted by molar-refractivity contribution is 7.21. The maximum absolute atomic E-state index is 13.8. The molecule has 0 spiro atoms. The zero-order valence-corrected chi connectivity index (χ0v) is 13.0. The second-order valence-corrected chi connectivity index (χ2v) is 6.23. The Labute approximate surface area is 134 Å². The van der Waals surface area contributed by atoms with Gasteiger partial charge < -0.3 is 5.32 Å². The van der Waals surface area contributed by atoms with Crippen LogP contribution in [0.15, 0.2) is 36.4 Å². The molecule has 1 N–H and O–H groups in total. The fourth-order valence-electron chi connectivity index (χ4n) is 2.13. The van der Waals surface area contributed by atoms with E-state index in [4.69, 9.17) is 11.6 Å². The van der Waals surface area contributed by atoms with Crippen molar-refractivity contribution >= 4 is 44.6 Å². The Morgan fingerprint density at radius 1 is 1.18 bits per heavy atom. The van der Waals surface area contributed by atoms with E-state index in [0.29, 0.717) is 4.70 Å². The number of anilines is 1. The molecule has 3 rings (SSSR count). The highest BCUT2D eigenvalue weighted by Crippen LogP contribution is 2.37. The van der Waals surface area contributed by atoms with Crippen molar-refractivity contribution in [2.24, 2.45) is 0 Å². The Morgan fingerprint density at radius 3 is 2.68 bits per heavy atom. The van der Waals surface area contributed by atoms with Gasteiger partial charge in [0.15, 0.2) is 0 Å². The van der Waals surface area contributed by atoms with Gasteiger partial charge in [-0.2, -0.15) is 0 Å². The molecule has 0 radical (unpaired) electrons. The number of rotatable bonds is 2. The molecule has 112 valence electrons. The molecule has 1 amide bonds. The SMILES string of the molecule is Cc1ccc(F)c(NC(=O)c2sc3cccc(F)c3c2Cl)c1. The molecule has 1 heterocycles. The van der Waals surface area contributed by atoms with E-state index in [1.165, 1.54) is 18.2 Å². The van der Waals surface area contributed by atoms with Gasteiger partial charge in [-0.1, -0.05) is 23.7 Å². The van der Waals surface area contributed by atoms with Gasteiger partial charge >= 0.3 is 0 Å². The Hall–Kier alpha value is -1.98. The van der Waals surface area contributed by atoms with Crippen LogP contribution in [0.3, 0.4) is 0 Å². The van der Waals surface area contributed by atoms with Crippen molar-refractivity contribution in [1.29, 1.82) is 0 Å². The Bertz CT molecular complexity index is 891. The number of thiophene rings is 1. The zero-order chi connectivity index (χ0) is 15.9. The average Bonchev–Trinajstić information content (AvgIpc) is 2.81. The molecule has 0 fully saturated rings. The zero-order valence-electron chi connectivity index (χ0n) is 11.4. The lowest BCUT2D eigenvalue weighted by molar-refractivity contribution is 0.103. The molecule has 0 bridgehead atoms. The van der Waals surface area contributed by atoms with Crippen molar-refractivity contribution in [2.45, 2.75) is 6.92 Å². The molecule has 22 heavy (non-hydrogen) atoms. The lowest BCUT2D eigenvalue weighted by Gasteiger charge is -2.06. The van der Waals surface area contributed by atoms with E-state index in [9.17, 15) is 13.6 Å². The first-order chi connectivity index (χ1) is 10.5. The van der Waals surface area contributed by atoms with Gasteiger partial charge in [0.05, 0.1) is 10.7 Å². The second-order valence-electron chi connectivity index (χ2n) is 4.80. The number of nitrogens with one attached hydrogen (secondary N) is 1. The normalized spacial score (nSPS) is 10.9. The summed E-state index contributed by atoms with van der Waals surface area (Å²) in [5.74, 6) is -1.59. The van der Waals surface area contributed by atoms with Gasteiger partial charge in [0.1, 0.15) is 16.5 Å². The molecular weight excluding hydrogens is 328 g/mol. The van der Waals surface area contributed by atoms with Gasteiger partial charge in [-0.3, -0.25) is 4.79 Å². The summed E-state index contributed by atoms with van der Waals surface area (Å²) >= 11 is 7.18. The van der Waals surface area contributed by atoms with Crippen LogP contribution >= 0.6 is 22.9 Å². The van der Waals surface area contributed by atoms with Gasteiger partial charge in [-0.15, -0.1) is 11.3 Å². The predicted molar refractivity (Wildman–Crippen MR) is 85.9 cm³/mol. The molecule has 3 aromatic rings. The molecule has 1 aromatic heterocycles. The van der Waals surface area contributed by atoms with Crippen LogP contribution in [0.1, 0.15) is 15.2 Å². The first kappa shape index (κ1) is 14.9. The first-order valence-corrected chi connectivity index (χ1v) is 7.61. The van der Waals surface area contributed by atoms with Crippen LogP contribution < -0.4 is 5.32 Å².